The number of nitrogens with one attached hydrogen (secondary N) is 2. The van der Waals surface area contributed by atoms with Gasteiger partial charge in [0.25, 0.3) is 5.91 Å². The minimum absolute atomic E-state index is 0.00123. The molecule has 0 saturated carbocycles. The number of carboxylic acids is 1. The van der Waals surface area contributed by atoms with Crippen LogP contribution >= 0.6 is 0 Å². The number of imidazole rings is 1. The van der Waals surface area contributed by atoms with Gasteiger partial charge in [-0.25, -0.2) is 9.78 Å². The van der Waals surface area contributed by atoms with Crippen LogP contribution in [0.15, 0.2) is 42.7 Å². The molecule has 0 aliphatic rings. The molecule has 0 aliphatic carbocycles. The summed E-state index contributed by atoms with van der Waals surface area (Å²) in [5, 5.41) is 12.0. The average molecular weight is 325 g/mol. The smallest absolute Gasteiger partial charge is 0.339 e. The van der Waals surface area contributed by atoms with Crippen LogP contribution in [-0.2, 0) is 0 Å². The van der Waals surface area contributed by atoms with Gasteiger partial charge in [-0.05, 0) is 37.3 Å². The number of anilines is 1. The minimum Gasteiger partial charge on any atom is -0.491 e. The largest absolute Gasteiger partial charge is 0.491 e. The van der Waals surface area contributed by atoms with Crippen molar-refractivity contribution in [1.82, 2.24) is 9.97 Å². The Morgan fingerprint density at radius 3 is 2.88 bits per heavy atom. The molecule has 0 unspecified atom stereocenters. The third-order valence-electron chi connectivity index (χ3n) is 3.46. The van der Waals surface area contributed by atoms with Crippen molar-refractivity contribution in [3.63, 3.8) is 0 Å². The number of aromatic amines is 1. The predicted octanol–water partition coefficient (Wildman–Crippen LogP) is 2.91. The third-order valence-corrected chi connectivity index (χ3v) is 3.46. The highest BCUT2D eigenvalue weighted by atomic mass is 16.5. The average Bonchev–Trinajstić information content (AvgIpc) is 3.03. The molecule has 0 spiro atoms. The second-order valence-electron chi connectivity index (χ2n) is 5.01. The van der Waals surface area contributed by atoms with E-state index < -0.39 is 5.97 Å². The number of hydrogen-bond donors (Lipinski definition) is 3. The zero-order chi connectivity index (χ0) is 17.1. The van der Waals surface area contributed by atoms with Crippen LogP contribution in [0, 0.1) is 0 Å². The van der Waals surface area contributed by atoms with Crippen molar-refractivity contribution in [2.24, 2.45) is 0 Å². The molecule has 0 aliphatic heterocycles. The number of carbonyl (C=O) groups is 2. The molecule has 3 N–H and O–H groups in total. The standard InChI is InChI=1S/C17H15N3O4/c1-2-24-15-11(17(22)23)4-3-5-13(15)20-16(21)10-6-7-12-14(8-10)19-9-18-12/h3-9H,2H2,1H3,(H,18,19)(H,20,21)(H,22,23). The quantitative estimate of drug-likeness (QED) is 0.669. The lowest BCUT2D eigenvalue weighted by Crippen LogP contribution is -2.14. The summed E-state index contributed by atoms with van der Waals surface area (Å²) in [4.78, 5) is 30.8. The molecular weight excluding hydrogens is 310 g/mol. The number of aromatic nitrogens is 2. The van der Waals surface area contributed by atoms with Crippen molar-refractivity contribution in [2.45, 2.75) is 6.92 Å². The lowest BCUT2D eigenvalue weighted by Gasteiger charge is -2.13. The second-order valence-corrected chi connectivity index (χ2v) is 5.01. The zero-order valence-electron chi connectivity index (χ0n) is 12.9. The van der Waals surface area contributed by atoms with Gasteiger partial charge >= 0.3 is 5.97 Å². The maximum atomic E-state index is 12.5. The van der Waals surface area contributed by atoms with Gasteiger partial charge in [0.15, 0.2) is 5.75 Å². The molecule has 3 rings (SSSR count). The molecule has 24 heavy (non-hydrogen) atoms. The number of ether oxygens (including phenoxy) is 1. The van der Waals surface area contributed by atoms with E-state index in [-0.39, 0.29) is 23.8 Å². The van der Waals surface area contributed by atoms with Crippen LogP contribution in [0.5, 0.6) is 5.75 Å². The normalized spacial score (nSPS) is 10.5. The molecule has 3 aromatic rings. The molecule has 0 radical (unpaired) electrons. The van der Waals surface area contributed by atoms with Crippen LogP contribution in [0.3, 0.4) is 0 Å². The SMILES string of the molecule is CCOc1c(NC(=O)c2ccc3nc[nH]c3c2)cccc1C(=O)O. The molecule has 7 heteroatoms. The van der Waals surface area contributed by atoms with Crippen molar-refractivity contribution in [3.05, 3.63) is 53.9 Å². The number of H-pyrrole nitrogens is 1. The van der Waals surface area contributed by atoms with E-state index in [4.69, 9.17) is 4.74 Å². The van der Waals surface area contributed by atoms with Gasteiger partial charge in [0, 0.05) is 5.56 Å². The van der Waals surface area contributed by atoms with E-state index in [1.54, 1.807) is 43.6 Å². The van der Waals surface area contributed by atoms with Gasteiger partial charge < -0.3 is 20.1 Å². The lowest BCUT2D eigenvalue weighted by atomic mass is 10.1. The van der Waals surface area contributed by atoms with Gasteiger partial charge in [-0.1, -0.05) is 6.07 Å². The number of fused-ring (bicyclic) bond motifs is 1. The molecular formula is C17H15N3O4. The highest BCUT2D eigenvalue weighted by Gasteiger charge is 2.17. The van der Waals surface area contributed by atoms with E-state index in [2.05, 4.69) is 15.3 Å². The van der Waals surface area contributed by atoms with Crippen LogP contribution < -0.4 is 10.1 Å². The Balaban J connectivity index is 1.93. The lowest BCUT2D eigenvalue weighted by molar-refractivity contribution is 0.0692. The second kappa shape index (κ2) is 6.41. The number of carboxylic acid groups (broad SMARTS) is 1. The highest BCUT2D eigenvalue weighted by molar-refractivity contribution is 6.07. The molecule has 2 aromatic carbocycles. The molecule has 1 heterocycles. The Morgan fingerprint density at radius 1 is 1.29 bits per heavy atom. The molecule has 7 nitrogen and oxygen atoms in total. The minimum atomic E-state index is -1.12. The first-order valence-electron chi connectivity index (χ1n) is 7.33. The summed E-state index contributed by atoms with van der Waals surface area (Å²) in [6, 6.07) is 9.65. The van der Waals surface area contributed by atoms with Gasteiger partial charge in [-0.15, -0.1) is 0 Å². The number of amides is 1. The Hall–Kier alpha value is -3.35. The Labute approximate surface area is 137 Å². The highest BCUT2D eigenvalue weighted by Crippen LogP contribution is 2.29. The fourth-order valence-electron chi connectivity index (χ4n) is 2.38. The monoisotopic (exact) mass is 325 g/mol. The number of benzene rings is 2. The Morgan fingerprint density at radius 2 is 2.12 bits per heavy atom. The Kier molecular flexibility index (Phi) is 4.15. The molecule has 0 atom stereocenters. The van der Waals surface area contributed by atoms with Crippen molar-refractivity contribution in [2.75, 3.05) is 11.9 Å². The summed E-state index contributed by atoms with van der Waals surface area (Å²) in [6.45, 7) is 2.03. The topological polar surface area (TPSA) is 104 Å². The fraction of sp³-hybridized carbons (Fsp3) is 0.118. The first-order chi connectivity index (χ1) is 11.6. The van der Waals surface area contributed by atoms with Crippen LogP contribution in [0.25, 0.3) is 11.0 Å². The predicted molar refractivity (Wildman–Crippen MR) is 88.6 cm³/mol. The number of rotatable bonds is 5. The summed E-state index contributed by atoms with van der Waals surface area (Å²) < 4.78 is 5.41. The van der Waals surface area contributed by atoms with Crippen LogP contribution in [-0.4, -0.2) is 33.6 Å². The summed E-state index contributed by atoms with van der Waals surface area (Å²) in [5.41, 5.74) is 2.24. The summed E-state index contributed by atoms with van der Waals surface area (Å²) in [7, 11) is 0. The van der Waals surface area contributed by atoms with E-state index in [1.807, 2.05) is 0 Å². The van der Waals surface area contributed by atoms with Crippen molar-refractivity contribution in [1.29, 1.82) is 0 Å². The number of hydrogen-bond acceptors (Lipinski definition) is 4. The van der Waals surface area contributed by atoms with Gasteiger partial charge in [-0.3, -0.25) is 4.79 Å². The molecule has 1 aromatic heterocycles. The Bertz CT molecular complexity index is 917. The van der Waals surface area contributed by atoms with E-state index >= 15 is 0 Å². The van der Waals surface area contributed by atoms with E-state index in [0.717, 1.165) is 11.0 Å². The van der Waals surface area contributed by atoms with Crippen molar-refractivity contribution < 1.29 is 19.4 Å². The number of nitrogens with zero attached hydrogens (tertiary/aromatic N) is 1. The maximum absolute atomic E-state index is 12.5. The van der Waals surface area contributed by atoms with Crippen LogP contribution in [0.2, 0.25) is 0 Å². The molecule has 0 saturated heterocycles. The van der Waals surface area contributed by atoms with Gasteiger partial charge in [0.1, 0.15) is 5.56 Å². The molecule has 1 amide bonds. The van der Waals surface area contributed by atoms with E-state index in [9.17, 15) is 14.7 Å². The van der Waals surface area contributed by atoms with Gasteiger partial charge in [0.2, 0.25) is 0 Å². The van der Waals surface area contributed by atoms with Crippen molar-refractivity contribution >= 4 is 28.6 Å². The molecule has 0 bridgehead atoms. The van der Waals surface area contributed by atoms with Gasteiger partial charge in [0.05, 0.1) is 29.7 Å². The summed E-state index contributed by atoms with van der Waals surface area (Å²) >= 11 is 0. The number of para-hydroxylation sites is 1. The number of carbonyl (C=O) groups excluding carboxylic acids is 1. The first kappa shape index (κ1) is 15.5. The third kappa shape index (κ3) is 2.91. The van der Waals surface area contributed by atoms with Crippen LogP contribution in [0.4, 0.5) is 5.69 Å². The van der Waals surface area contributed by atoms with Gasteiger partial charge in [-0.2, -0.15) is 0 Å². The van der Waals surface area contributed by atoms with E-state index in [1.165, 1.54) is 6.07 Å². The van der Waals surface area contributed by atoms with Crippen LogP contribution in [0.1, 0.15) is 27.6 Å². The summed E-state index contributed by atoms with van der Waals surface area (Å²) in [6.07, 6.45) is 1.55. The number of aromatic carboxylic acids is 1. The summed E-state index contributed by atoms with van der Waals surface area (Å²) in [5.74, 6) is -1.34. The maximum Gasteiger partial charge on any atom is 0.339 e. The first-order valence-corrected chi connectivity index (χ1v) is 7.33. The fourth-order valence-corrected chi connectivity index (χ4v) is 2.38. The molecule has 0 fully saturated rings. The zero-order valence-corrected chi connectivity index (χ0v) is 12.9. The molecule has 122 valence electrons. The van der Waals surface area contributed by atoms with E-state index in [0.29, 0.717) is 11.3 Å². The van der Waals surface area contributed by atoms with Crippen molar-refractivity contribution in [3.8, 4) is 5.75 Å².